The summed E-state index contributed by atoms with van der Waals surface area (Å²) in [5.74, 6) is 2.23. The van der Waals surface area contributed by atoms with E-state index < -0.39 is 0 Å². The van der Waals surface area contributed by atoms with Gasteiger partial charge in [-0.05, 0) is 61.9 Å². The number of aromatic nitrogens is 3. The van der Waals surface area contributed by atoms with Gasteiger partial charge >= 0.3 is 0 Å². The molecule has 1 heterocycles. The lowest BCUT2D eigenvalue weighted by Gasteiger charge is -2.16. The molecule has 1 atom stereocenters. The predicted molar refractivity (Wildman–Crippen MR) is 144 cm³/mol. The first kappa shape index (κ1) is 24.9. The zero-order valence-corrected chi connectivity index (χ0v) is 21.4. The van der Waals surface area contributed by atoms with Crippen molar-refractivity contribution in [3.05, 3.63) is 90.8 Å². The Bertz CT molecular complexity index is 1220. The summed E-state index contributed by atoms with van der Waals surface area (Å²) in [5, 5.41) is 12.4. The van der Waals surface area contributed by atoms with E-state index in [2.05, 4.69) is 27.6 Å². The van der Waals surface area contributed by atoms with E-state index in [1.807, 2.05) is 91.2 Å². The summed E-state index contributed by atoms with van der Waals surface area (Å²) in [6, 6.07) is 27.7. The summed E-state index contributed by atoms with van der Waals surface area (Å²) < 4.78 is 7.53. The van der Waals surface area contributed by atoms with Crippen molar-refractivity contribution in [2.45, 2.75) is 41.3 Å². The van der Waals surface area contributed by atoms with Crippen LogP contribution in [-0.2, 0) is 10.5 Å². The van der Waals surface area contributed by atoms with Crippen LogP contribution in [0, 0.1) is 0 Å². The zero-order valence-electron chi connectivity index (χ0n) is 19.8. The Labute approximate surface area is 214 Å². The first-order valence-corrected chi connectivity index (χ1v) is 13.4. The van der Waals surface area contributed by atoms with Crippen LogP contribution in [0.5, 0.6) is 5.75 Å². The molecule has 4 aromatic rings. The van der Waals surface area contributed by atoms with Gasteiger partial charge in [-0.15, -0.1) is 22.0 Å². The van der Waals surface area contributed by atoms with Crippen LogP contribution in [0.2, 0.25) is 0 Å². The summed E-state index contributed by atoms with van der Waals surface area (Å²) >= 11 is 3.15. The number of amides is 1. The third-order valence-electron chi connectivity index (χ3n) is 5.17. The second-order valence-corrected chi connectivity index (χ2v) is 9.85. The lowest BCUT2D eigenvalue weighted by atomic mass is 10.2. The van der Waals surface area contributed by atoms with Gasteiger partial charge < -0.3 is 10.1 Å². The number of hydrogen-bond acceptors (Lipinski definition) is 6. The van der Waals surface area contributed by atoms with Crippen molar-refractivity contribution in [2.75, 3.05) is 11.9 Å². The first-order chi connectivity index (χ1) is 17.2. The number of carbonyl (C=O) groups is 1. The standard InChI is InChI=1S/C27H28N4O2S2/c1-3-24(26(32)28-20-15-17-22(18-16-20)33-4-2)35-27-30-29-25(19-34-23-13-9-6-10-14-23)31(27)21-11-7-5-8-12-21/h5-18,24H,3-4,19H2,1-2H3,(H,28,32). The SMILES string of the molecule is CCOc1ccc(NC(=O)C(CC)Sc2nnc(CSc3ccccc3)n2-c2ccccc2)cc1. The van der Waals surface area contributed by atoms with Gasteiger partial charge in [-0.1, -0.05) is 55.1 Å². The highest BCUT2D eigenvalue weighted by atomic mass is 32.2. The minimum atomic E-state index is -0.317. The Kier molecular flexibility index (Phi) is 8.86. The highest BCUT2D eigenvalue weighted by molar-refractivity contribution is 8.00. The Balaban J connectivity index is 1.52. The second kappa shape index (κ2) is 12.5. The molecule has 0 spiro atoms. The number of nitrogens with one attached hydrogen (secondary N) is 1. The molecule has 0 aliphatic rings. The molecule has 0 aliphatic carbocycles. The number of hydrogen-bond donors (Lipinski definition) is 1. The van der Waals surface area contributed by atoms with E-state index in [0.717, 1.165) is 22.9 Å². The fourth-order valence-electron chi connectivity index (χ4n) is 3.44. The van der Waals surface area contributed by atoms with Gasteiger partial charge in [0.05, 0.1) is 17.6 Å². The largest absolute Gasteiger partial charge is 0.494 e. The molecule has 1 aromatic heterocycles. The summed E-state index contributed by atoms with van der Waals surface area (Å²) in [7, 11) is 0. The van der Waals surface area contributed by atoms with Gasteiger partial charge in [0.2, 0.25) is 5.91 Å². The third-order valence-corrected chi connectivity index (χ3v) is 7.48. The highest BCUT2D eigenvalue weighted by Crippen LogP contribution is 2.31. The molecule has 8 heteroatoms. The predicted octanol–water partition coefficient (Wildman–Crippen LogP) is 6.47. The maximum atomic E-state index is 13.1. The van der Waals surface area contributed by atoms with Crippen molar-refractivity contribution in [3.8, 4) is 11.4 Å². The molecule has 6 nitrogen and oxygen atoms in total. The molecule has 1 amide bonds. The number of ether oxygens (including phenoxy) is 1. The Morgan fingerprint density at radius 1 is 0.943 bits per heavy atom. The number of para-hydroxylation sites is 1. The third kappa shape index (κ3) is 6.68. The molecule has 0 saturated heterocycles. The molecule has 35 heavy (non-hydrogen) atoms. The topological polar surface area (TPSA) is 69.0 Å². The van der Waals surface area contributed by atoms with E-state index in [0.29, 0.717) is 23.9 Å². The van der Waals surface area contributed by atoms with Crippen molar-refractivity contribution < 1.29 is 9.53 Å². The Morgan fingerprint density at radius 3 is 2.29 bits per heavy atom. The van der Waals surface area contributed by atoms with Crippen LogP contribution in [0.1, 0.15) is 26.1 Å². The summed E-state index contributed by atoms with van der Waals surface area (Å²) in [5.41, 5.74) is 1.72. The van der Waals surface area contributed by atoms with E-state index in [4.69, 9.17) is 4.74 Å². The van der Waals surface area contributed by atoms with Crippen molar-refractivity contribution in [1.29, 1.82) is 0 Å². The van der Waals surface area contributed by atoms with Crippen LogP contribution >= 0.6 is 23.5 Å². The number of anilines is 1. The van der Waals surface area contributed by atoms with Crippen LogP contribution in [0.15, 0.2) is 95.0 Å². The van der Waals surface area contributed by atoms with Crippen molar-refractivity contribution in [1.82, 2.24) is 14.8 Å². The number of benzene rings is 3. The second-order valence-electron chi connectivity index (χ2n) is 7.63. The minimum Gasteiger partial charge on any atom is -0.494 e. The molecule has 3 aromatic carbocycles. The number of rotatable bonds is 11. The molecule has 180 valence electrons. The van der Waals surface area contributed by atoms with Gasteiger partial charge in [0.25, 0.3) is 0 Å². The summed E-state index contributed by atoms with van der Waals surface area (Å²) in [6.45, 7) is 4.55. The molecule has 4 rings (SSSR count). The van der Waals surface area contributed by atoms with Crippen molar-refractivity contribution in [2.24, 2.45) is 0 Å². The molecule has 0 radical (unpaired) electrons. The van der Waals surface area contributed by atoms with Gasteiger partial charge in [0, 0.05) is 16.3 Å². The molecular weight excluding hydrogens is 476 g/mol. The van der Waals surface area contributed by atoms with Crippen LogP contribution in [0.3, 0.4) is 0 Å². The van der Waals surface area contributed by atoms with E-state index in [9.17, 15) is 4.79 Å². The molecule has 0 bridgehead atoms. The lowest BCUT2D eigenvalue weighted by molar-refractivity contribution is -0.115. The van der Waals surface area contributed by atoms with Crippen molar-refractivity contribution in [3.63, 3.8) is 0 Å². The molecule has 0 saturated carbocycles. The lowest BCUT2D eigenvalue weighted by Crippen LogP contribution is -2.25. The first-order valence-electron chi connectivity index (χ1n) is 11.6. The fraction of sp³-hybridized carbons (Fsp3) is 0.222. The van der Waals surface area contributed by atoms with Gasteiger partial charge in [-0.3, -0.25) is 9.36 Å². The highest BCUT2D eigenvalue weighted by Gasteiger charge is 2.23. The maximum Gasteiger partial charge on any atom is 0.237 e. The van der Waals surface area contributed by atoms with Crippen LogP contribution in [0.4, 0.5) is 5.69 Å². The summed E-state index contributed by atoms with van der Waals surface area (Å²) in [4.78, 5) is 14.3. The van der Waals surface area contributed by atoms with Gasteiger partial charge in [0.1, 0.15) is 11.6 Å². The van der Waals surface area contributed by atoms with Crippen LogP contribution < -0.4 is 10.1 Å². The van der Waals surface area contributed by atoms with E-state index >= 15 is 0 Å². The van der Waals surface area contributed by atoms with E-state index in [1.165, 1.54) is 16.7 Å². The molecular formula is C27H28N4O2S2. The normalized spacial score (nSPS) is 11.7. The molecule has 0 aliphatic heterocycles. The zero-order chi connectivity index (χ0) is 24.5. The number of carbonyl (C=O) groups excluding carboxylic acids is 1. The summed E-state index contributed by atoms with van der Waals surface area (Å²) in [6.07, 6.45) is 0.656. The van der Waals surface area contributed by atoms with Crippen LogP contribution in [-0.4, -0.2) is 32.5 Å². The fourth-order valence-corrected chi connectivity index (χ4v) is 5.27. The molecule has 0 fully saturated rings. The van der Waals surface area contributed by atoms with Gasteiger partial charge in [0.15, 0.2) is 5.16 Å². The quantitative estimate of drug-likeness (QED) is 0.236. The van der Waals surface area contributed by atoms with Crippen molar-refractivity contribution >= 4 is 35.1 Å². The Hall–Kier alpha value is -3.23. The van der Waals surface area contributed by atoms with E-state index in [-0.39, 0.29) is 11.2 Å². The molecule has 1 unspecified atom stereocenters. The minimum absolute atomic E-state index is 0.0653. The maximum absolute atomic E-state index is 13.1. The van der Waals surface area contributed by atoms with Gasteiger partial charge in [-0.2, -0.15) is 0 Å². The monoisotopic (exact) mass is 504 g/mol. The van der Waals surface area contributed by atoms with E-state index in [1.54, 1.807) is 11.8 Å². The average molecular weight is 505 g/mol. The van der Waals surface area contributed by atoms with Crippen LogP contribution in [0.25, 0.3) is 5.69 Å². The smallest absolute Gasteiger partial charge is 0.237 e. The molecule has 1 N–H and O–H groups in total. The average Bonchev–Trinajstić information content (AvgIpc) is 3.30. The number of thioether (sulfide) groups is 2. The Morgan fingerprint density at radius 2 is 1.63 bits per heavy atom. The van der Waals surface area contributed by atoms with Gasteiger partial charge in [-0.25, -0.2) is 0 Å². The number of nitrogens with zero attached hydrogens (tertiary/aromatic N) is 3.